The van der Waals surface area contributed by atoms with E-state index in [1.165, 1.54) is 11.0 Å². The topological polar surface area (TPSA) is 118 Å². The highest BCUT2D eigenvalue weighted by atomic mass is 16.5. The molecule has 0 unspecified atom stereocenters. The lowest BCUT2D eigenvalue weighted by Gasteiger charge is -2.43. The van der Waals surface area contributed by atoms with Gasteiger partial charge in [0.2, 0.25) is 11.8 Å². The van der Waals surface area contributed by atoms with E-state index in [4.69, 9.17) is 4.74 Å². The molecular weight excluding hydrogens is 594 g/mol. The van der Waals surface area contributed by atoms with Crippen molar-refractivity contribution in [1.29, 1.82) is 0 Å². The molecule has 4 atom stereocenters. The van der Waals surface area contributed by atoms with Crippen LogP contribution < -0.4 is 9.64 Å². The molecule has 8 nitrogen and oxygen atoms in total. The summed E-state index contributed by atoms with van der Waals surface area (Å²) in [6, 6.07) is 20.2. The number of imide groups is 1. The van der Waals surface area contributed by atoms with Gasteiger partial charge in [0, 0.05) is 45.7 Å². The lowest BCUT2D eigenvalue weighted by molar-refractivity contribution is -0.123. The third-order valence-electron chi connectivity index (χ3n) is 10.1. The third kappa shape index (κ3) is 4.47. The fourth-order valence-electron chi connectivity index (χ4n) is 7.94. The molecule has 0 aromatic heterocycles. The molecule has 1 fully saturated rings. The summed E-state index contributed by atoms with van der Waals surface area (Å²) in [6.07, 6.45) is 5.81. The highest BCUT2D eigenvalue weighted by Gasteiger charge is 2.57. The smallest absolute Gasteiger partial charge is 0.238 e. The van der Waals surface area contributed by atoms with Crippen LogP contribution in [0.1, 0.15) is 41.3 Å². The number of amides is 2. The van der Waals surface area contributed by atoms with Crippen LogP contribution in [-0.2, 0) is 25.6 Å². The number of rotatable bonds is 4. The van der Waals surface area contributed by atoms with Crippen LogP contribution >= 0.6 is 0 Å². The molecule has 2 amide bonds. The molecule has 2 heterocycles. The van der Waals surface area contributed by atoms with Gasteiger partial charge in [0.25, 0.3) is 0 Å². The van der Waals surface area contributed by atoms with E-state index < -0.39 is 23.7 Å². The van der Waals surface area contributed by atoms with Gasteiger partial charge in [-0.05, 0) is 79.8 Å². The number of hydrogen-bond donors (Lipinski definition) is 1. The van der Waals surface area contributed by atoms with E-state index in [9.17, 15) is 29.1 Å². The van der Waals surface area contributed by atoms with Crippen LogP contribution in [0.2, 0.25) is 0 Å². The van der Waals surface area contributed by atoms with Gasteiger partial charge in [-0.2, -0.15) is 0 Å². The summed E-state index contributed by atoms with van der Waals surface area (Å²) in [5.41, 5.74) is 4.83. The van der Waals surface area contributed by atoms with E-state index in [2.05, 4.69) is 0 Å². The van der Waals surface area contributed by atoms with E-state index in [1.807, 2.05) is 12.1 Å². The van der Waals surface area contributed by atoms with Crippen molar-refractivity contribution in [2.75, 3.05) is 4.90 Å². The quantitative estimate of drug-likeness (QED) is 0.174. The lowest BCUT2D eigenvalue weighted by atomic mass is 9.58. The summed E-state index contributed by atoms with van der Waals surface area (Å²) in [6.45, 7) is 1.63. The van der Waals surface area contributed by atoms with E-state index in [1.54, 1.807) is 79.9 Å². The van der Waals surface area contributed by atoms with Crippen LogP contribution in [0.3, 0.4) is 0 Å². The van der Waals surface area contributed by atoms with Gasteiger partial charge in [-0.3, -0.25) is 28.9 Å². The van der Waals surface area contributed by atoms with Crippen LogP contribution in [-0.4, -0.2) is 34.3 Å². The zero-order chi connectivity index (χ0) is 32.6. The molecule has 3 aromatic rings. The maximum atomic E-state index is 14.3. The summed E-state index contributed by atoms with van der Waals surface area (Å²) in [4.78, 5) is 69.5. The van der Waals surface area contributed by atoms with Gasteiger partial charge in [0.05, 0.1) is 23.8 Å². The van der Waals surface area contributed by atoms with Crippen LogP contribution in [0.4, 0.5) is 5.69 Å². The molecule has 0 spiro atoms. The van der Waals surface area contributed by atoms with Gasteiger partial charge in [0.15, 0.2) is 17.3 Å². The number of fused-ring (bicyclic) bond motifs is 4. The predicted octanol–water partition coefficient (Wildman–Crippen LogP) is 5.61. The Balaban J connectivity index is 1.15. The number of phenolic OH excluding ortho intramolecular Hbond substituents is 1. The van der Waals surface area contributed by atoms with Gasteiger partial charge in [-0.25, -0.2) is 0 Å². The Morgan fingerprint density at radius 1 is 0.894 bits per heavy atom. The van der Waals surface area contributed by atoms with E-state index in [-0.39, 0.29) is 41.3 Å². The van der Waals surface area contributed by atoms with Crippen molar-refractivity contribution in [1.82, 2.24) is 0 Å². The number of carbonyl (C=O) groups excluding carboxylic acids is 5. The van der Waals surface area contributed by atoms with Crippen molar-refractivity contribution in [3.05, 3.63) is 136 Å². The van der Waals surface area contributed by atoms with Crippen molar-refractivity contribution >= 4 is 34.9 Å². The molecule has 1 saturated heterocycles. The summed E-state index contributed by atoms with van der Waals surface area (Å²) in [7, 11) is 0. The first kappa shape index (κ1) is 28.8. The molecule has 3 aliphatic carbocycles. The van der Waals surface area contributed by atoms with Crippen molar-refractivity contribution in [3.8, 4) is 11.5 Å². The number of benzene rings is 3. The summed E-state index contributed by atoms with van der Waals surface area (Å²) < 4.78 is 5.96. The zero-order valence-electron chi connectivity index (χ0n) is 25.4. The lowest BCUT2D eigenvalue weighted by Crippen LogP contribution is -2.41. The molecule has 0 saturated carbocycles. The second kappa shape index (κ2) is 10.7. The number of ketones is 3. The second-order valence-corrected chi connectivity index (χ2v) is 12.8. The predicted molar refractivity (Wildman–Crippen MR) is 171 cm³/mol. The normalized spacial score (nSPS) is 24.8. The highest BCUT2D eigenvalue weighted by Crippen LogP contribution is 2.55. The Kier molecular flexibility index (Phi) is 6.58. The Hall–Kier alpha value is -5.63. The molecule has 1 N–H and O–H groups in total. The molecule has 2 aliphatic heterocycles. The third-order valence-corrected chi connectivity index (χ3v) is 10.1. The SMILES string of the molecule is CC1=CC(=O)C2=C(C1=O)[C@@H](C1=COc3ccc(O)cc3C1)C1=CC[C@@H]3C(=O)N(c4ccc(C(=O)c5ccccc5)cc4)C(=O)[C@@H]3[C@@H]1C2. The fraction of sp³-hybridized carbons (Fsp3) is 0.205. The number of anilines is 1. The Bertz CT molecular complexity index is 2070. The minimum Gasteiger partial charge on any atom is -0.508 e. The molecule has 8 rings (SSSR count). The number of Topliss-reactive ketones (excluding diaryl/α,β-unsaturated/α-hetero) is 1. The number of ether oxygens (including phenoxy) is 1. The van der Waals surface area contributed by atoms with E-state index in [0.717, 1.165) is 16.7 Å². The number of aromatic hydroxyl groups is 1. The number of allylic oxidation sites excluding steroid dienone is 7. The van der Waals surface area contributed by atoms with Crippen LogP contribution in [0.25, 0.3) is 0 Å². The number of hydrogen-bond acceptors (Lipinski definition) is 7. The highest BCUT2D eigenvalue weighted by molar-refractivity contribution is 6.25. The average molecular weight is 624 g/mol. The van der Waals surface area contributed by atoms with Crippen molar-refractivity contribution in [2.24, 2.45) is 23.7 Å². The Labute approximate surface area is 270 Å². The van der Waals surface area contributed by atoms with Crippen LogP contribution in [0.5, 0.6) is 11.5 Å². The van der Waals surface area contributed by atoms with Gasteiger partial charge >= 0.3 is 0 Å². The van der Waals surface area contributed by atoms with E-state index >= 15 is 0 Å². The first-order valence-electron chi connectivity index (χ1n) is 15.7. The maximum Gasteiger partial charge on any atom is 0.238 e. The zero-order valence-corrected chi connectivity index (χ0v) is 25.4. The molecule has 3 aromatic carbocycles. The molecule has 0 bridgehead atoms. The Morgan fingerprint density at radius 3 is 2.40 bits per heavy atom. The van der Waals surface area contributed by atoms with Crippen molar-refractivity contribution in [2.45, 2.75) is 26.2 Å². The summed E-state index contributed by atoms with van der Waals surface area (Å²) in [5, 5.41) is 10.1. The van der Waals surface area contributed by atoms with E-state index in [0.29, 0.717) is 52.1 Å². The van der Waals surface area contributed by atoms with Crippen LogP contribution in [0, 0.1) is 23.7 Å². The molecule has 47 heavy (non-hydrogen) atoms. The minimum absolute atomic E-state index is 0.0880. The number of carbonyl (C=O) groups is 5. The monoisotopic (exact) mass is 623 g/mol. The molecule has 8 heteroatoms. The summed E-state index contributed by atoms with van der Waals surface area (Å²) >= 11 is 0. The number of nitrogens with zero attached hydrogens (tertiary/aromatic N) is 1. The average Bonchev–Trinajstić information content (AvgIpc) is 3.35. The summed E-state index contributed by atoms with van der Waals surface area (Å²) in [5.74, 6) is -3.06. The maximum absolute atomic E-state index is 14.3. The minimum atomic E-state index is -0.721. The van der Waals surface area contributed by atoms with Gasteiger partial charge in [0.1, 0.15) is 11.5 Å². The first-order valence-corrected chi connectivity index (χ1v) is 15.7. The van der Waals surface area contributed by atoms with Gasteiger partial charge < -0.3 is 9.84 Å². The molecule has 5 aliphatic rings. The second-order valence-electron chi connectivity index (χ2n) is 12.8. The first-order chi connectivity index (χ1) is 22.7. The van der Waals surface area contributed by atoms with Crippen molar-refractivity contribution < 1.29 is 33.8 Å². The van der Waals surface area contributed by atoms with Gasteiger partial charge in [-0.1, -0.05) is 42.0 Å². The fourth-order valence-corrected chi connectivity index (χ4v) is 7.94. The Morgan fingerprint density at radius 2 is 1.64 bits per heavy atom. The largest absolute Gasteiger partial charge is 0.508 e. The number of phenols is 1. The molecular formula is C39H29NO7. The van der Waals surface area contributed by atoms with Gasteiger partial charge in [-0.15, -0.1) is 0 Å². The van der Waals surface area contributed by atoms with Crippen LogP contribution in [0.15, 0.2) is 119 Å². The molecule has 232 valence electrons. The molecule has 0 radical (unpaired) electrons. The van der Waals surface area contributed by atoms with Crippen molar-refractivity contribution in [3.63, 3.8) is 0 Å². The standard InChI is InChI=1S/C39H29NO7/c1-20-15-31(42)30-18-29-27(33(35(30)36(20)43)24-16-23-17-26(41)11-14-32(23)47-19-24)12-13-28-34(29)39(46)40(38(28)45)25-9-7-22(8-10-25)37(44)21-5-3-2-4-6-21/h2-12,14-15,17,19,28-29,33-34,41H,13,16,18H2,1H3/t28-,29+,33-,34-/m0/s1.